The Hall–Kier alpha value is -2.44. The van der Waals surface area contributed by atoms with Crippen molar-refractivity contribution in [3.8, 4) is 5.88 Å². The van der Waals surface area contributed by atoms with E-state index in [0.717, 1.165) is 0 Å². The minimum Gasteiger partial charge on any atom is -0.471 e. The Morgan fingerprint density at radius 2 is 2.30 bits per heavy atom. The number of esters is 1. The Morgan fingerprint density at radius 3 is 3.00 bits per heavy atom. The zero-order chi connectivity index (χ0) is 14.5. The molecule has 20 heavy (non-hydrogen) atoms. The lowest BCUT2D eigenvalue weighted by molar-refractivity contribution is 0.0523. The van der Waals surface area contributed by atoms with Crippen LogP contribution in [0.1, 0.15) is 23.0 Å². The fraction of sp³-hybridized carbons (Fsp3) is 0.308. The van der Waals surface area contributed by atoms with Crippen LogP contribution in [0.2, 0.25) is 0 Å². The molecule has 0 saturated carbocycles. The maximum absolute atomic E-state index is 13.0. The predicted molar refractivity (Wildman–Crippen MR) is 67.7 cm³/mol. The molecule has 106 valence electrons. The Bertz CT molecular complexity index is 613. The maximum atomic E-state index is 13.0. The lowest BCUT2D eigenvalue weighted by Crippen LogP contribution is -2.11. The molecule has 0 aromatic carbocycles. The summed E-state index contributed by atoms with van der Waals surface area (Å²) in [6.07, 6.45) is 2.72. The molecule has 2 rings (SSSR count). The Kier molecular flexibility index (Phi) is 4.29. The van der Waals surface area contributed by atoms with Gasteiger partial charge in [0.15, 0.2) is 0 Å². The SMILES string of the molecule is CCOC(=O)c1cnn(C)c1COc1cc(F)ccn1. The average molecular weight is 279 g/mol. The van der Waals surface area contributed by atoms with Gasteiger partial charge >= 0.3 is 5.97 Å². The molecule has 0 unspecified atom stereocenters. The third-order valence-corrected chi connectivity index (χ3v) is 2.61. The molecule has 6 nitrogen and oxygen atoms in total. The third-order valence-electron chi connectivity index (χ3n) is 2.61. The highest BCUT2D eigenvalue weighted by Gasteiger charge is 2.17. The molecular weight excluding hydrogens is 265 g/mol. The first-order valence-corrected chi connectivity index (χ1v) is 6.04. The van der Waals surface area contributed by atoms with E-state index in [-0.39, 0.29) is 19.1 Å². The molecule has 0 bridgehead atoms. The molecular formula is C13H14FN3O3. The average Bonchev–Trinajstić information content (AvgIpc) is 2.78. The quantitative estimate of drug-likeness (QED) is 0.779. The van der Waals surface area contributed by atoms with E-state index in [0.29, 0.717) is 11.3 Å². The fourth-order valence-corrected chi connectivity index (χ4v) is 1.62. The highest BCUT2D eigenvalue weighted by Crippen LogP contribution is 2.14. The number of aryl methyl sites for hydroxylation is 1. The van der Waals surface area contributed by atoms with Crippen molar-refractivity contribution in [1.29, 1.82) is 0 Å². The second kappa shape index (κ2) is 6.14. The first-order chi connectivity index (χ1) is 9.61. The minimum absolute atomic E-state index is 0.0428. The first kappa shape index (κ1) is 14.0. The van der Waals surface area contributed by atoms with Gasteiger partial charge < -0.3 is 9.47 Å². The molecule has 0 aliphatic carbocycles. The van der Waals surface area contributed by atoms with Crippen molar-refractivity contribution in [2.24, 2.45) is 7.05 Å². The summed E-state index contributed by atoms with van der Waals surface area (Å²) in [6, 6.07) is 2.39. The molecule has 7 heteroatoms. The van der Waals surface area contributed by atoms with Crippen LogP contribution in [0.25, 0.3) is 0 Å². The van der Waals surface area contributed by atoms with Crippen molar-refractivity contribution in [1.82, 2.24) is 14.8 Å². The van der Waals surface area contributed by atoms with Gasteiger partial charge in [-0.25, -0.2) is 14.2 Å². The van der Waals surface area contributed by atoms with E-state index in [9.17, 15) is 9.18 Å². The van der Waals surface area contributed by atoms with Crippen molar-refractivity contribution in [3.05, 3.63) is 41.6 Å². The normalized spacial score (nSPS) is 10.3. The molecule has 2 heterocycles. The predicted octanol–water partition coefficient (Wildman–Crippen LogP) is 1.71. The molecule has 0 radical (unpaired) electrons. The van der Waals surface area contributed by atoms with Crippen molar-refractivity contribution in [3.63, 3.8) is 0 Å². The van der Waals surface area contributed by atoms with Gasteiger partial charge in [-0.3, -0.25) is 4.68 Å². The van der Waals surface area contributed by atoms with Crippen LogP contribution in [-0.2, 0) is 18.4 Å². The first-order valence-electron chi connectivity index (χ1n) is 6.04. The summed E-state index contributed by atoms with van der Waals surface area (Å²) in [4.78, 5) is 15.6. The van der Waals surface area contributed by atoms with Gasteiger partial charge in [0.2, 0.25) is 5.88 Å². The molecule has 0 fully saturated rings. The maximum Gasteiger partial charge on any atom is 0.341 e. The second-order valence-corrected chi connectivity index (χ2v) is 3.95. The number of pyridine rings is 1. The number of rotatable bonds is 5. The lowest BCUT2D eigenvalue weighted by atomic mass is 10.2. The Balaban J connectivity index is 2.13. The van der Waals surface area contributed by atoms with Crippen LogP contribution >= 0.6 is 0 Å². The van der Waals surface area contributed by atoms with Crippen LogP contribution in [0, 0.1) is 5.82 Å². The summed E-state index contributed by atoms with van der Waals surface area (Å²) in [5.41, 5.74) is 0.861. The highest BCUT2D eigenvalue weighted by atomic mass is 19.1. The number of ether oxygens (including phenoxy) is 2. The molecule has 2 aromatic heterocycles. The van der Waals surface area contributed by atoms with Crippen molar-refractivity contribution < 1.29 is 18.7 Å². The zero-order valence-electron chi connectivity index (χ0n) is 11.2. The monoisotopic (exact) mass is 279 g/mol. The smallest absolute Gasteiger partial charge is 0.341 e. The van der Waals surface area contributed by atoms with Crippen molar-refractivity contribution >= 4 is 5.97 Å². The van der Waals surface area contributed by atoms with E-state index in [1.165, 1.54) is 29.2 Å². The minimum atomic E-state index is -0.466. The number of hydrogen-bond donors (Lipinski definition) is 0. The number of aromatic nitrogens is 3. The van der Waals surface area contributed by atoms with Gasteiger partial charge in [-0.1, -0.05) is 0 Å². The molecule has 0 amide bonds. The summed E-state index contributed by atoms with van der Waals surface area (Å²) >= 11 is 0. The van der Waals surface area contributed by atoms with Gasteiger partial charge in [0.25, 0.3) is 0 Å². The lowest BCUT2D eigenvalue weighted by Gasteiger charge is -2.07. The second-order valence-electron chi connectivity index (χ2n) is 3.95. The molecule has 0 spiro atoms. The topological polar surface area (TPSA) is 66.2 Å². The van der Waals surface area contributed by atoms with Crippen LogP contribution in [0.3, 0.4) is 0 Å². The van der Waals surface area contributed by atoms with E-state index in [2.05, 4.69) is 10.1 Å². The van der Waals surface area contributed by atoms with E-state index in [4.69, 9.17) is 9.47 Å². The van der Waals surface area contributed by atoms with Crippen molar-refractivity contribution in [2.75, 3.05) is 6.61 Å². The number of hydrogen-bond acceptors (Lipinski definition) is 5. The van der Waals surface area contributed by atoms with E-state index >= 15 is 0 Å². The van der Waals surface area contributed by atoms with Gasteiger partial charge in [0, 0.05) is 19.3 Å². The summed E-state index contributed by atoms with van der Waals surface area (Å²) in [7, 11) is 1.68. The molecule has 0 saturated heterocycles. The summed E-state index contributed by atoms with van der Waals surface area (Å²) < 4.78 is 24.8. The third kappa shape index (κ3) is 3.11. The van der Waals surface area contributed by atoms with Crippen LogP contribution in [0.15, 0.2) is 24.5 Å². The number of carbonyl (C=O) groups excluding carboxylic acids is 1. The van der Waals surface area contributed by atoms with Gasteiger partial charge in [-0.2, -0.15) is 5.10 Å². The number of nitrogens with zero attached hydrogens (tertiary/aromatic N) is 3. The largest absolute Gasteiger partial charge is 0.471 e. The van der Waals surface area contributed by atoms with Gasteiger partial charge in [-0.05, 0) is 13.0 Å². The summed E-state index contributed by atoms with van der Waals surface area (Å²) in [6.45, 7) is 2.04. The fourth-order valence-electron chi connectivity index (χ4n) is 1.62. The summed E-state index contributed by atoms with van der Waals surface area (Å²) in [5.74, 6) is -0.766. The zero-order valence-corrected chi connectivity index (χ0v) is 11.2. The molecule has 2 aromatic rings. The molecule has 0 atom stereocenters. The number of carbonyl (C=O) groups is 1. The number of halogens is 1. The van der Waals surface area contributed by atoms with Gasteiger partial charge in [0.1, 0.15) is 18.0 Å². The molecule has 0 N–H and O–H groups in total. The summed E-state index contributed by atoms with van der Waals surface area (Å²) in [5, 5.41) is 3.99. The molecule has 0 aliphatic heterocycles. The van der Waals surface area contributed by atoms with Crippen LogP contribution in [-0.4, -0.2) is 27.3 Å². The van der Waals surface area contributed by atoms with Gasteiger partial charge in [0.05, 0.1) is 18.5 Å². The molecule has 0 aliphatic rings. The Morgan fingerprint density at radius 1 is 1.50 bits per heavy atom. The Labute approximate surface area is 115 Å². The van der Waals surface area contributed by atoms with Crippen LogP contribution < -0.4 is 4.74 Å². The van der Waals surface area contributed by atoms with Gasteiger partial charge in [-0.15, -0.1) is 0 Å². The van der Waals surface area contributed by atoms with E-state index < -0.39 is 11.8 Å². The van der Waals surface area contributed by atoms with E-state index in [1.807, 2.05) is 0 Å². The highest BCUT2D eigenvalue weighted by molar-refractivity contribution is 5.90. The van der Waals surface area contributed by atoms with Crippen molar-refractivity contribution in [2.45, 2.75) is 13.5 Å². The van der Waals surface area contributed by atoms with E-state index in [1.54, 1.807) is 14.0 Å². The van der Waals surface area contributed by atoms with Crippen LogP contribution in [0.5, 0.6) is 5.88 Å². The standard InChI is InChI=1S/C13H14FN3O3/c1-3-19-13(18)10-7-16-17(2)11(10)8-20-12-6-9(14)4-5-15-12/h4-7H,3,8H2,1-2H3. The van der Waals surface area contributed by atoms with Crippen LogP contribution in [0.4, 0.5) is 4.39 Å².